The van der Waals surface area contributed by atoms with Crippen molar-refractivity contribution in [3.63, 3.8) is 0 Å². The van der Waals surface area contributed by atoms with Gasteiger partial charge in [-0.1, -0.05) is 12.1 Å². The maximum absolute atomic E-state index is 11.5. The number of phenolic OH excluding ortho intramolecular Hbond substituents is 1. The van der Waals surface area contributed by atoms with Crippen LogP contribution in [0.1, 0.15) is 37.2 Å². The molecular formula is C13H15NO2. The molecule has 0 spiro atoms. The lowest BCUT2D eigenvalue weighted by Gasteiger charge is -2.09. The van der Waals surface area contributed by atoms with Crippen LogP contribution in [0.15, 0.2) is 24.4 Å². The van der Waals surface area contributed by atoms with Gasteiger partial charge >= 0.3 is 0 Å². The zero-order valence-corrected chi connectivity index (χ0v) is 9.69. The Bertz CT molecular complexity index is 552. The van der Waals surface area contributed by atoms with E-state index in [-0.39, 0.29) is 17.6 Å². The molecule has 0 fully saturated rings. The minimum atomic E-state index is 0.0231. The molecule has 2 rings (SSSR count). The summed E-state index contributed by atoms with van der Waals surface area (Å²) in [6.07, 6.45) is 1.82. The number of benzene rings is 1. The molecule has 3 nitrogen and oxygen atoms in total. The Balaban J connectivity index is 2.87. The van der Waals surface area contributed by atoms with Gasteiger partial charge in [0.2, 0.25) is 0 Å². The summed E-state index contributed by atoms with van der Waals surface area (Å²) in [5.74, 6) is 0.244. The molecule has 0 saturated heterocycles. The first-order valence-corrected chi connectivity index (χ1v) is 5.36. The van der Waals surface area contributed by atoms with Gasteiger partial charge in [-0.2, -0.15) is 0 Å². The summed E-state index contributed by atoms with van der Waals surface area (Å²) in [7, 11) is 0. The number of fused-ring (bicyclic) bond motifs is 1. The summed E-state index contributed by atoms with van der Waals surface area (Å²) in [5.41, 5.74) is 1.40. The number of nitrogens with zero attached hydrogens (tertiary/aromatic N) is 1. The third kappa shape index (κ3) is 1.48. The molecule has 0 saturated carbocycles. The molecule has 1 N–H and O–H groups in total. The smallest absolute Gasteiger partial charge is 0.161 e. The summed E-state index contributed by atoms with van der Waals surface area (Å²) in [5, 5.41) is 10.7. The Morgan fingerprint density at radius 1 is 1.38 bits per heavy atom. The lowest BCUT2D eigenvalue weighted by molar-refractivity contribution is 0.101. The van der Waals surface area contributed by atoms with Crippen LogP contribution in [0.25, 0.3) is 10.9 Å². The van der Waals surface area contributed by atoms with Crippen LogP contribution in [0.2, 0.25) is 0 Å². The van der Waals surface area contributed by atoms with Crippen LogP contribution in [0.3, 0.4) is 0 Å². The second-order valence-corrected chi connectivity index (χ2v) is 4.27. The van der Waals surface area contributed by atoms with Gasteiger partial charge in [-0.05, 0) is 26.8 Å². The van der Waals surface area contributed by atoms with Crippen molar-refractivity contribution in [2.75, 3.05) is 0 Å². The average molecular weight is 217 g/mol. The maximum Gasteiger partial charge on any atom is 0.161 e. The molecule has 0 atom stereocenters. The lowest BCUT2D eigenvalue weighted by Crippen LogP contribution is -1.98. The first kappa shape index (κ1) is 10.7. The Morgan fingerprint density at radius 3 is 2.62 bits per heavy atom. The topological polar surface area (TPSA) is 42.2 Å². The van der Waals surface area contributed by atoms with Crippen molar-refractivity contribution in [2.24, 2.45) is 0 Å². The van der Waals surface area contributed by atoms with E-state index in [1.54, 1.807) is 19.1 Å². The number of ketones is 1. The van der Waals surface area contributed by atoms with Gasteiger partial charge in [-0.25, -0.2) is 0 Å². The minimum absolute atomic E-state index is 0.0231. The number of para-hydroxylation sites is 1. The molecule has 0 radical (unpaired) electrons. The molecule has 0 aliphatic carbocycles. The third-order valence-corrected chi connectivity index (χ3v) is 2.77. The zero-order valence-electron chi connectivity index (χ0n) is 9.69. The number of carbonyl (C=O) groups excluding carboxylic acids is 1. The molecule has 0 aliphatic rings. The second-order valence-electron chi connectivity index (χ2n) is 4.27. The van der Waals surface area contributed by atoms with E-state index in [0.717, 1.165) is 10.9 Å². The highest BCUT2D eigenvalue weighted by Crippen LogP contribution is 2.31. The summed E-state index contributed by atoms with van der Waals surface area (Å²) in [4.78, 5) is 11.5. The number of aromatic hydroxyl groups is 1. The van der Waals surface area contributed by atoms with Gasteiger partial charge in [-0.3, -0.25) is 4.79 Å². The monoisotopic (exact) mass is 217 g/mol. The summed E-state index contributed by atoms with van der Waals surface area (Å²) in [6.45, 7) is 5.59. The van der Waals surface area contributed by atoms with Gasteiger partial charge < -0.3 is 9.67 Å². The Morgan fingerprint density at radius 2 is 2.06 bits per heavy atom. The Labute approximate surface area is 94.3 Å². The molecule has 0 amide bonds. The van der Waals surface area contributed by atoms with Crippen molar-refractivity contribution in [1.29, 1.82) is 0 Å². The van der Waals surface area contributed by atoms with Crippen molar-refractivity contribution in [3.05, 3.63) is 30.0 Å². The number of rotatable bonds is 2. The van der Waals surface area contributed by atoms with Crippen LogP contribution in [0.5, 0.6) is 5.75 Å². The van der Waals surface area contributed by atoms with Crippen LogP contribution in [-0.4, -0.2) is 15.5 Å². The molecule has 1 aromatic carbocycles. The normalized spacial score (nSPS) is 11.2. The van der Waals surface area contributed by atoms with Gasteiger partial charge in [0, 0.05) is 23.2 Å². The van der Waals surface area contributed by atoms with E-state index in [9.17, 15) is 9.90 Å². The molecule has 16 heavy (non-hydrogen) atoms. The zero-order chi connectivity index (χ0) is 11.9. The SMILES string of the molecule is CC(=O)c1cn(C(C)C)c2c(O)cccc12. The molecule has 0 aliphatic heterocycles. The molecule has 1 aromatic heterocycles. The van der Waals surface area contributed by atoms with E-state index in [2.05, 4.69) is 0 Å². The van der Waals surface area contributed by atoms with Crippen LogP contribution in [0, 0.1) is 0 Å². The van der Waals surface area contributed by atoms with Gasteiger partial charge in [0.15, 0.2) is 5.78 Å². The van der Waals surface area contributed by atoms with E-state index in [1.807, 2.05) is 30.7 Å². The number of Topliss-reactive ketones (excluding diaryl/α,β-unsaturated/α-hetero) is 1. The standard InChI is InChI=1S/C13H15NO2/c1-8(2)14-7-11(9(3)15)10-5-4-6-12(16)13(10)14/h4-8,16H,1-3H3. The van der Waals surface area contributed by atoms with Gasteiger partial charge in [0.05, 0.1) is 5.52 Å². The average Bonchev–Trinajstić information content (AvgIpc) is 2.58. The summed E-state index contributed by atoms with van der Waals surface area (Å²) < 4.78 is 1.93. The highest BCUT2D eigenvalue weighted by molar-refractivity contribution is 6.08. The third-order valence-electron chi connectivity index (χ3n) is 2.77. The van der Waals surface area contributed by atoms with Crippen molar-refractivity contribution in [3.8, 4) is 5.75 Å². The van der Waals surface area contributed by atoms with Crippen molar-refractivity contribution in [1.82, 2.24) is 4.57 Å². The predicted octanol–water partition coefficient (Wildman–Crippen LogP) is 3.13. The van der Waals surface area contributed by atoms with E-state index in [4.69, 9.17) is 0 Å². The lowest BCUT2D eigenvalue weighted by atomic mass is 10.1. The molecular weight excluding hydrogens is 202 g/mol. The van der Waals surface area contributed by atoms with Gasteiger partial charge in [-0.15, -0.1) is 0 Å². The first-order chi connectivity index (χ1) is 7.52. The number of phenols is 1. The van der Waals surface area contributed by atoms with Crippen molar-refractivity contribution < 1.29 is 9.90 Å². The molecule has 84 valence electrons. The molecule has 0 bridgehead atoms. The number of carbonyl (C=O) groups is 1. The Hall–Kier alpha value is -1.77. The number of hydrogen-bond acceptors (Lipinski definition) is 2. The molecule has 1 heterocycles. The van der Waals surface area contributed by atoms with Crippen LogP contribution in [-0.2, 0) is 0 Å². The van der Waals surface area contributed by atoms with E-state index < -0.39 is 0 Å². The highest BCUT2D eigenvalue weighted by atomic mass is 16.3. The maximum atomic E-state index is 11.5. The van der Waals surface area contributed by atoms with Gasteiger partial charge in [0.1, 0.15) is 5.75 Å². The van der Waals surface area contributed by atoms with E-state index >= 15 is 0 Å². The second kappa shape index (κ2) is 3.67. The van der Waals surface area contributed by atoms with Crippen LogP contribution < -0.4 is 0 Å². The van der Waals surface area contributed by atoms with Crippen LogP contribution >= 0.6 is 0 Å². The minimum Gasteiger partial charge on any atom is -0.506 e. The van der Waals surface area contributed by atoms with Gasteiger partial charge in [0.25, 0.3) is 0 Å². The summed E-state index contributed by atoms with van der Waals surface area (Å²) in [6, 6.07) is 5.48. The quantitative estimate of drug-likeness (QED) is 0.785. The summed E-state index contributed by atoms with van der Waals surface area (Å²) >= 11 is 0. The van der Waals surface area contributed by atoms with E-state index in [0.29, 0.717) is 5.56 Å². The molecule has 3 heteroatoms. The number of aromatic nitrogens is 1. The highest BCUT2D eigenvalue weighted by Gasteiger charge is 2.15. The molecule has 0 unspecified atom stereocenters. The van der Waals surface area contributed by atoms with Crippen LogP contribution in [0.4, 0.5) is 0 Å². The van der Waals surface area contributed by atoms with Crippen molar-refractivity contribution in [2.45, 2.75) is 26.8 Å². The predicted molar refractivity (Wildman–Crippen MR) is 64.0 cm³/mol. The Kier molecular flexibility index (Phi) is 2.46. The largest absolute Gasteiger partial charge is 0.506 e. The fraction of sp³-hybridized carbons (Fsp3) is 0.308. The number of hydrogen-bond donors (Lipinski definition) is 1. The first-order valence-electron chi connectivity index (χ1n) is 5.36. The van der Waals surface area contributed by atoms with E-state index in [1.165, 1.54) is 0 Å². The van der Waals surface area contributed by atoms with Crippen molar-refractivity contribution >= 4 is 16.7 Å². The molecule has 2 aromatic rings. The fourth-order valence-corrected chi connectivity index (χ4v) is 1.98. The fourth-order valence-electron chi connectivity index (χ4n) is 1.98.